The molecule has 0 radical (unpaired) electrons. The van der Waals surface area contributed by atoms with Crippen molar-refractivity contribution in [2.75, 3.05) is 0 Å². The summed E-state index contributed by atoms with van der Waals surface area (Å²) in [6, 6.07) is 5.92. The van der Waals surface area contributed by atoms with Crippen molar-refractivity contribution in [2.24, 2.45) is 7.05 Å². The maximum Gasteiger partial charge on any atom is 0.276 e. The molecule has 100 valence electrons. The van der Waals surface area contributed by atoms with E-state index in [2.05, 4.69) is 5.10 Å². The minimum Gasteiger partial charge on any atom is -0.471 e. The quantitative estimate of drug-likeness (QED) is 0.614. The van der Waals surface area contributed by atoms with Gasteiger partial charge < -0.3 is 4.74 Å². The molecular formula is C12H12FN3O3. The summed E-state index contributed by atoms with van der Waals surface area (Å²) in [5.41, 5.74) is 0.344. The largest absolute Gasteiger partial charge is 0.471 e. The predicted octanol–water partition coefficient (Wildman–Crippen LogP) is 2.38. The number of nitro groups is 1. The number of aryl methyl sites for hydroxylation is 1. The van der Waals surface area contributed by atoms with Gasteiger partial charge in [-0.05, 0) is 5.56 Å². The molecule has 0 fully saturated rings. The lowest BCUT2D eigenvalue weighted by Crippen LogP contribution is -2.04. The number of nitrogens with zero attached hydrogens (tertiary/aromatic N) is 3. The Bertz CT molecular complexity index is 598. The van der Waals surface area contributed by atoms with E-state index >= 15 is 0 Å². The lowest BCUT2D eigenvalue weighted by Gasteiger charge is -2.07. The van der Waals surface area contributed by atoms with E-state index in [9.17, 15) is 14.5 Å². The van der Waals surface area contributed by atoms with E-state index in [0.29, 0.717) is 5.88 Å². The molecule has 0 amide bonds. The van der Waals surface area contributed by atoms with Gasteiger partial charge in [0.2, 0.25) is 5.88 Å². The fourth-order valence-corrected chi connectivity index (χ4v) is 1.70. The zero-order valence-corrected chi connectivity index (χ0v) is 10.2. The highest BCUT2D eigenvalue weighted by Gasteiger charge is 2.18. The normalized spacial score (nSPS) is 10.4. The van der Waals surface area contributed by atoms with Crippen LogP contribution in [0.2, 0.25) is 0 Å². The van der Waals surface area contributed by atoms with Gasteiger partial charge >= 0.3 is 0 Å². The number of hydrogen-bond acceptors (Lipinski definition) is 4. The molecule has 0 aliphatic heterocycles. The first-order valence-electron chi connectivity index (χ1n) is 5.55. The average Bonchev–Trinajstić information content (AvgIpc) is 2.81. The standard InChI is InChI=1S/C12H12FN3O3/c1-15-6-5-12(14-15)19-8-10-9(7-13)3-2-4-11(10)16(17)18/h2-6H,7-8H2,1H3. The van der Waals surface area contributed by atoms with Crippen LogP contribution >= 0.6 is 0 Å². The molecule has 2 rings (SSSR count). The molecule has 0 N–H and O–H groups in total. The molecule has 0 atom stereocenters. The number of alkyl halides is 1. The number of aromatic nitrogens is 2. The summed E-state index contributed by atoms with van der Waals surface area (Å²) in [6.45, 7) is -0.865. The van der Waals surface area contributed by atoms with Gasteiger partial charge in [0.25, 0.3) is 5.69 Å². The second kappa shape index (κ2) is 5.47. The van der Waals surface area contributed by atoms with Crippen LogP contribution in [-0.2, 0) is 20.3 Å². The van der Waals surface area contributed by atoms with E-state index in [-0.39, 0.29) is 23.4 Å². The molecule has 0 aliphatic rings. The molecule has 0 bridgehead atoms. The molecule has 19 heavy (non-hydrogen) atoms. The number of benzene rings is 1. The number of rotatable bonds is 5. The molecule has 6 nitrogen and oxygen atoms in total. The van der Waals surface area contributed by atoms with Crippen molar-refractivity contribution in [2.45, 2.75) is 13.3 Å². The first kappa shape index (κ1) is 13.0. The number of nitro benzene ring substituents is 1. The van der Waals surface area contributed by atoms with Crippen LogP contribution in [0.4, 0.5) is 10.1 Å². The van der Waals surface area contributed by atoms with Crippen molar-refractivity contribution in [1.29, 1.82) is 0 Å². The Hall–Kier alpha value is -2.44. The Kier molecular flexibility index (Phi) is 3.74. The molecule has 0 aliphatic carbocycles. The summed E-state index contributed by atoms with van der Waals surface area (Å²) < 4.78 is 19.8. The van der Waals surface area contributed by atoms with E-state index in [1.807, 2.05) is 0 Å². The first-order valence-corrected chi connectivity index (χ1v) is 5.55. The SMILES string of the molecule is Cn1ccc(OCc2c(CF)cccc2[N+](=O)[O-])n1. The molecule has 0 spiro atoms. The van der Waals surface area contributed by atoms with E-state index in [4.69, 9.17) is 4.74 Å². The topological polar surface area (TPSA) is 70.2 Å². The van der Waals surface area contributed by atoms with Gasteiger partial charge in [0.15, 0.2) is 0 Å². The van der Waals surface area contributed by atoms with Crippen molar-refractivity contribution < 1.29 is 14.1 Å². The smallest absolute Gasteiger partial charge is 0.276 e. The van der Waals surface area contributed by atoms with Gasteiger partial charge in [-0.15, -0.1) is 5.10 Å². The van der Waals surface area contributed by atoms with Crippen LogP contribution in [-0.4, -0.2) is 14.7 Å². The van der Waals surface area contributed by atoms with Crippen LogP contribution in [0.3, 0.4) is 0 Å². The highest BCUT2D eigenvalue weighted by molar-refractivity contribution is 5.45. The summed E-state index contributed by atoms with van der Waals surface area (Å²) in [5.74, 6) is 0.338. The van der Waals surface area contributed by atoms with Crippen molar-refractivity contribution in [3.63, 3.8) is 0 Å². The van der Waals surface area contributed by atoms with Crippen molar-refractivity contribution in [1.82, 2.24) is 9.78 Å². The Morgan fingerprint density at radius 2 is 2.26 bits per heavy atom. The van der Waals surface area contributed by atoms with Gasteiger partial charge in [-0.1, -0.05) is 12.1 Å². The fourth-order valence-electron chi connectivity index (χ4n) is 1.70. The predicted molar refractivity (Wildman–Crippen MR) is 65.4 cm³/mol. The van der Waals surface area contributed by atoms with E-state index < -0.39 is 11.6 Å². The van der Waals surface area contributed by atoms with Crippen molar-refractivity contribution in [3.05, 3.63) is 51.7 Å². The van der Waals surface area contributed by atoms with E-state index in [1.165, 1.54) is 18.2 Å². The zero-order valence-electron chi connectivity index (χ0n) is 10.2. The minimum absolute atomic E-state index is 0.0899. The van der Waals surface area contributed by atoms with Crippen LogP contribution in [0.15, 0.2) is 30.5 Å². The molecule has 1 heterocycles. The average molecular weight is 265 g/mol. The summed E-state index contributed by atoms with van der Waals surface area (Å²) in [4.78, 5) is 10.4. The molecule has 7 heteroatoms. The minimum atomic E-state index is -0.775. The Morgan fingerprint density at radius 1 is 1.47 bits per heavy atom. The second-order valence-electron chi connectivity index (χ2n) is 3.92. The monoisotopic (exact) mass is 265 g/mol. The number of halogens is 1. The van der Waals surface area contributed by atoms with Crippen LogP contribution in [0.1, 0.15) is 11.1 Å². The van der Waals surface area contributed by atoms with Gasteiger partial charge in [-0.2, -0.15) is 0 Å². The van der Waals surface area contributed by atoms with Crippen molar-refractivity contribution in [3.8, 4) is 5.88 Å². The zero-order chi connectivity index (χ0) is 13.8. The van der Waals surface area contributed by atoms with Crippen LogP contribution in [0.25, 0.3) is 0 Å². The summed E-state index contributed by atoms with van der Waals surface area (Å²) in [5, 5.41) is 14.9. The number of ether oxygens (including phenoxy) is 1. The number of hydrogen-bond donors (Lipinski definition) is 0. The fraction of sp³-hybridized carbons (Fsp3) is 0.250. The van der Waals surface area contributed by atoms with Gasteiger partial charge in [0, 0.05) is 25.4 Å². The molecule has 0 saturated heterocycles. The third-order valence-electron chi connectivity index (χ3n) is 2.64. The highest BCUT2D eigenvalue weighted by Crippen LogP contribution is 2.24. The van der Waals surface area contributed by atoms with Gasteiger partial charge in [0.05, 0.1) is 10.5 Å². The Balaban J connectivity index is 2.25. The highest BCUT2D eigenvalue weighted by atomic mass is 19.1. The van der Waals surface area contributed by atoms with Crippen LogP contribution in [0, 0.1) is 10.1 Å². The lowest BCUT2D eigenvalue weighted by atomic mass is 10.1. The lowest BCUT2D eigenvalue weighted by molar-refractivity contribution is -0.385. The van der Waals surface area contributed by atoms with Gasteiger partial charge in [-0.3, -0.25) is 14.8 Å². The summed E-state index contributed by atoms with van der Waals surface area (Å²) >= 11 is 0. The van der Waals surface area contributed by atoms with E-state index in [1.54, 1.807) is 24.0 Å². The second-order valence-corrected chi connectivity index (χ2v) is 3.92. The van der Waals surface area contributed by atoms with Crippen LogP contribution in [0.5, 0.6) is 5.88 Å². The van der Waals surface area contributed by atoms with Crippen molar-refractivity contribution >= 4 is 5.69 Å². The first-order chi connectivity index (χ1) is 9.11. The molecule has 0 unspecified atom stereocenters. The maximum atomic E-state index is 12.9. The Labute approximate surface area is 108 Å². The van der Waals surface area contributed by atoms with E-state index in [0.717, 1.165) is 0 Å². The van der Waals surface area contributed by atoms with Gasteiger partial charge in [0.1, 0.15) is 13.3 Å². The third-order valence-corrected chi connectivity index (χ3v) is 2.64. The molecule has 0 saturated carbocycles. The molecular weight excluding hydrogens is 253 g/mol. The summed E-state index contributed by atoms with van der Waals surface area (Å²) in [6.07, 6.45) is 1.69. The van der Waals surface area contributed by atoms with Crippen LogP contribution < -0.4 is 4.74 Å². The third kappa shape index (κ3) is 2.87. The summed E-state index contributed by atoms with van der Waals surface area (Å²) in [7, 11) is 1.73. The van der Waals surface area contributed by atoms with Gasteiger partial charge in [-0.25, -0.2) is 4.39 Å². The Morgan fingerprint density at radius 3 is 2.84 bits per heavy atom. The molecule has 2 aromatic rings. The maximum absolute atomic E-state index is 12.9. The molecule has 1 aromatic heterocycles. The molecule has 1 aromatic carbocycles.